The van der Waals surface area contributed by atoms with Crippen LogP contribution < -0.4 is 5.32 Å². The Kier molecular flexibility index (Phi) is 6.58. The van der Waals surface area contributed by atoms with E-state index in [2.05, 4.69) is 26.3 Å². The zero-order valence-corrected chi connectivity index (χ0v) is 18.1. The number of anilines is 2. The number of furan rings is 1. The van der Waals surface area contributed by atoms with Crippen molar-refractivity contribution in [2.75, 3.05) is 18.4 Å². The highest BCUT2D eigenvalue weighted by Gasteiger charge is 2.25. The number of aromatic nitrogens is 3. The zero-order valence-electron chi connectivity index (χ0n) is 18.1. The van der Waals surface area contributed by atoms with E-state index < -0.39 is 0 Å². The number of nitriles is 1. The van der Waals surface area contributed by atoms with Crippen LogP contribution in [0.2, 0.25) is 0 Å². The maximum Gasteiger partial charge on any atom is 0.140 e. The van der Waals surface area contributed by atoms with Crippen molar-refractivity contribution in [1.29, 1.82) is 5.26 Å². The van der Waals surface area contributed by atoms with Crippen molar-refractivity contribution in [3.63, 3.8) is 0 Å². The first-order valence-electron chi connectivity index (χ1n) is 10.9. The van der Waals surface area contributed by atoms with Gasteiger partial charge in [-0.3, -0.25) is 4.90 Å². The summed E-state index contributed by atoms with van der Waals surface area (Å²) in [5.41, 5.74) is 2.26. The molecular formula is C24H28N6O. The van der Waals surface area contributed by atoms with Gasteiger partial charge < -0.3 is 9.73 Å². The fourth-order valence-electron chi connectivity index (χ4n) is 4.18. The van der Waals surface area contributed by atoms with Crippen molar-refractivity contribution in [3.05, 3.63) is 65.3 Å². The van der Waals surface area contributed by atoms with Crippen LogP contribution in [0.25, 0.3) is 0 Å². The van der Waals surface area contributed by atoms with Gasteiger partial charge in [-0.15, -0.1) is 0 Å². The predicted octanol–water partition coefficient (Wildman–Crippen LogP) is 4.86. The number of likely N-dealkylation sites (tertiary alicyclic amines) is 1. The van der Waals surface area contributed by atoms with E-state index in [0.717, 1.165) is 66.9 Å². The summed E-state index contributed by atoms with van der Waals surface area (Å²) in [6, 6.07) is 12.0. The minimum absolute atomic E-state index is 0.299. The van der Waals surface area contributed by atoms with Crippen LogP contribution in [0.3, 0.4) is 0 Å². The first kappa shape index (κ1) is 21.0. The molecule has 31 heavy (non-hydrogen) atoms. The van der Waals surface area contributed by atoms with Crippen LogP contribution in [0.4, 0.5) is 11.5 Å². The largest absolute Gasteiger partial charge is 0.466 e. The lowest BCUT2D eigenvalue weighted by Crippen LogP contribution is -2.35. The fraction of sp³-hybridized carbons (Fsp3) is 0.417. The molecule has 7 nitrogen and oxygen atoms in total. The number of nitrogens with one attached hydrogen (secondary N) is 1. The molecule has 0 aromatic carbocycles. The van der Waals surface area contributed by atoms with Crippen LogP contribution in [-0.2, 0) is 6.42 Å². The number of rotatable bonds is 7. The average molecular weight is 417 g/mol. The quantitative estimate of drug-likeness (QED) is 0.588. The fourth-order valence-corrected chi connectivity index (χ4v) is 4.18. The Balaban J connectivity index is 1.45. The van der Waals surface area contributed by atoms with Gasteiger partial charge in [0.25, 0.3) is 0 Å². The molecule has 0 aliphatic carbocycles. The van der Waals surface area contributed by atoms with Crippen LogP contribution in [0.15, 0.2) is 40.9 Å². The zero-order chi connectivity index (χ0) is 21.6. The Hall–Kier alpha value is -3.24. The molecule has 0 bridgehead atoms. The van der Waals surface area contributed by atoms with Gasteiger partial charge in [-0.2, -0.15) is 5.26 Å². The third-order valence-corrected chi connectivity index (χ3v) is 5.63. The van der Waals surface area contributed by atoms with E-state index in [4.69, 9.17) is 14.7 Å². The van der Waals surface area contributed by atoms with E-state index in [9.17, 15) is 0 Å². The van der Waals surface area contributed by atoms with Gasteiger partial charge in [-0.1, -0.05) is 6.42 Å². The smallest absolute Gasteiger partial charge is 0.140 e. The first-order valence-corrected chi connectivity index (χ1v) is 10.9. The number of hydrogen-bond acceptors (Lipinski definition) is 7. The van der Waals surface area contributed by atoms with Crippen LogP contribution >= 0.6 is 0 Å². The second-order valence-electron chi connectivity index (χ2n) is 8.06. The van der Waals surface area contributed by atoms with Crippen LogP contribution in [0.1, 0.15) is 60.5 Å². The maximum atomic E-state index is 8.92. The normalized spacial score (nSPS) is 16.7. The minimum atomic E-state index is 0.299. The van der Waals surface area contributed by atoms with Crippen LogP contribution in [0, 0.1) is 25.2 Å². The van der Waals surface area contributed by atoms with Gasteiger partial charge in [0.2, 0.25) is 0 Å². The standard InChI is InChI=1S/C24H28N6O/c1-17-8-11-21(31-17)6-5-13-30-12-4-3-7-23(30)22-14-24(28-18(2)27-22)29-20-10-9-19(15-25)26-16-20/h8-11,14,16,23H,3-7,12-13H2,1-2H3,(H,27,28,29)/t23-/m0/s1. The van der Waals surface area contributed by atoms with Gasteiger partial charge in [-0.05, 0) is 70.5 Å². The van der Waals surface area contributed by atoms with E-state index in [-0.39, 0.29) is 0 Å². The summed E-state index contributed by atoms with van der Waals surface area (Å²) in [6.07, 6.45) is 7.22. The van der Waals surface area contributed by atoms with Crippen molar-refractivity contribution in [3.8, 4) is 6.07 Å². The highest BCUT2D eigenvalue weighted by atomic mass is 16.3. The van der Waals surface area contributed by atoms with Gasteiger partial charge in [0.1, 0.15) is 34.9 Å². The molecule has 0 spiro atoms. The molecule has 0 saturated carbocycles. The molecule has 3 aromatic rings. The van der Waals surface area contributed by atoms with Gasteiger partial charge in [0, 0.05) is 12.5 Å². The Morgan fingerprint density at radius 3 is 2.84 bits per heavy atom. The SMILES string of the molecule is Cc1nc(Nc2ccc(C#N)nc2)cc([C@@H]2CCCCN2CCCc2ccc(C)o2)n1. The van der Waals surface area contributed by atoms with E-state index in [0.29, 0.717) is 11.7 Å². The Bertz CT molecular complexity index is 1050. The topological polar surface area (TPSA) is 90.9 Å². The summed E-state index contributed by atoms with van der Waals surface area (Å²) in [6.45, 7) is 6.03. The number of hydrogen-bond donors (Lipinski definition) is 1. The number of pyridine rings is 1. The molecule has 1 N–H and O–H groups in total. The summed E-state index contributed by atoms with van der Waals surface area (Å²) in [7, 11) is 0. The minimum Gasteiger partial charge on any atom is -0.466 e. The van der Waals surface area contributed by atoms with E-state index >= 15 is 0 Å². The molecule has 1 saturated heterocycles. The summed E-state index contributed by atoms with van der Waals surface area (Å²) in [5.74, 6) is 3.54. The summed E-state index contributed by atoms with van der Waals surface area (Å²) >= 11 is 0. The van der Waals surface area contributed by atoms with Gasteiger partial charge in [0.15, 0.2) is 0 Å². The molecule has 7 heteroatoms. The average Bonchev–Trinajstić information content (AvgIpc) is 3.19. The number of piperidine rings is 1. The van der Waals surface area contributed by atoms with Crippen molar-refractivity contribution < 1.29 is 4.42 Å². The third kappa shape index (κ3) is 5.47. The summed E-state index contributed by atoms with van der Waals surface area (Å²) in [4.78, 5) is 16.0. The van der Waals surface area contributed by atoms with Gasteiger partial charge in [0.05, 0.1) is 23.6 Å². The second-order valence-corrected chi connectivity index (χ2v) is 8.06. The molecule has 1 atom stereocenters. The first-order chi connectivity index (χ1) is 15.1. The highest BCUT2D eigenvalue weighted by molar-refractivity contribution is 5.55. The Labute approximate surface area is 183 Å². The lowest BCUT2D eigenvalue weighted by Gasteiger charge is -2.35. The molecule has 4 rings (SSSR count). The van der Waals surface area contributed by atoms with Crippen molar-refractivity contribution in [2.24, 2.45) is 0 Å². The van der Waals surface area contributed by atoms with Crippen molar-refractivity contribution in [1.82, 2.24) is 19.9 Å². The molecule has 0 radical (unpaired) electrons. The maximum absolute atomic E-state index is 8.92. The molecule has 1 aliphatic rings. The van der Waals surface area contributed by atoms with Crippen molar-refractivity contribution >= 4 is 11.5 Å². The van der Waals surface area contributed by atoms with Crippen molar-refractivity contribution in [2.45, 2.75) is 52.0 Å². The van der Waals surface area contributed by atoms with Gasteiger partial charge in [-0.25, -0.2) is 15.0 Å². The molecule has 1 aliphatic heterocycles. The monoisotopic (exact) mass is 416 g/mol. The number of nitrogens with zero attached hydrogens (tertiary/aromatic N) is 5. The van der Waals surface area contributed by atoms with Crippen LogP contribution in [-0.4, -0.2) is 32.9 Å². The molecule has 3 aromatic heterocycles. The molecule has 1 fully saturated rings. The third-order valence-electron chi connectivity index (χ3n) is 5.63. The lowest BCUT2D eigenvalue weighted by molar-refractivity contribution is 0.143. The summed E-state index contributed by atoms with van der Waals surface area (Å²) in [5, 5.41) is 12.2. The lowest BCUT2D eigenvalue weighted by atomic mass is 9.98. The molecule has 0 unspecified atom stereocenters. The Morgan fingerprint density at radius 2 is 2.10 bits per heavy atom. The highest BCUT2D eigenvalue weighted by Crippen LogP contribution is 2.31. The molecular weight excluding hydrogens is 388 g/mol. The van der Waals surface area contributed by atoms with E-state index in [1.54, 1.807) is 12.3 Å². The molecule has 4 heterocycles. The summed E-state index contributed by atoms with van der Waals surface area (Å²) < 4.78 is 5.72. The van der Waals surface area contributed by atoms with E-state index in [1.807, 2.05) is 38.1 Å². The van der Waals surface area contributed by atoms with E-state index in [1.165, 1.54) is 12.8 Å². The number of aryl methyl sites for hydroxylation is 3. The van der Waals surface area contributed by atoms with Crippen LogP contribution in [0.5, 0.6) is 0 Å². The van der Waals surface area contributed by atoms with Gasteiger partial charge >= 0.3 is 0 Å². The predicted molar refractivity (Wildman–Crippen MR) is 119 cm³/mol. The Morgan fingerprint density at radius 1 is 1.19 bits per heavy atom. The molecule has 160 valence electrons. The second kappa shape index (κ2) is 9.71. The molecule has 0 amide bonds.